The molecule has 0 N–H and O–H groups in total. The molecule has 0 spiro atoms. The van der Waals surface area contributed by atoms with Gasteiger partial charge in [-0.05, 0) is 0 Å². The Morgan fingerprint density at radius 3 is 0.929 bits per heavy atom. The van der Waals surface area contributed by atoms with Crippen LogP contribution in [0.25, 0.3) is 0 Å². The summed E-state index contributed by atoms with van der Waals surface area (Å²) in [7, 11) is 0. The van der Waals surface area contributed by atoms with Crippen LogP contribution in [0.4, 0.5) is 0 Å². The third-order valence-electron chi connectivity index (χ3n) is 8.11. The summed E-state index contributed by atoms with van der Waals surface area (Å²) in [6.07, 6.45) is 13.7. The number of benzene rings is 1. The molecule has 1 aromatic carbocycles. The number of carbonyl (C=O) groups excluding carboxylic acids is 2. The summed E-state index contributed by atoms with van der Waals surface area (Å²) in [6.45, 7) is 13.1. The summed E-state index contributed by atoms with van der Waals surface area (Å²) >= 11 is -6.01. The maximum absolute atomic E-state index is 12.9. The number of unbranched alkanes of at least 4 members (excludes halogenated alkanes) is 6. The van der Waals surface area contributed by atoms with Crippen molar-refractivity contribution in [3.8, 4) is 11.5 Å². The summed E-state index contributed by atoms with van der Waals surface area (Å²) in [6, 6.07) is 7.12. The van der Waals surface area contributed by atoms with Crippen LogP contribution in [-0.4, -0.2) is 62.7 Å². The van der Waals surface area contributed by atoms with Crippen molar-refractivity contribution in [2.24, 2.45) is 0 Å². The zero-order valence-electron chi connectivity index (χ0n) is 27.9. The van der Waals surface area contributed by atoms with Crippen molar-refractivity contribution in [1.29, 1.82) is 0 Å². The van der Waals surface area contributed by atoms with E-state index in [0.717, 1.165) is 104 Å². The summed E-state index contributed by atoms with van der Waals surface area (Å²) in [4.78, 5) is 25.8. The van der Waals surface area contributed by atoms with E-state index in [2.05, 4.69) is 41.5 Å². The van der Waals surface area contributed by atoms with Gasteiger partial charge in [-0.15, -0.1) is 0 Å². The first-order chi connectivity index (χ1) is 20.3. The monoisotopic (exact) mass is 806 g/mol. The molecule has 0 bridgehead atoms. The maximum atomic E-state index is 12.9. The summed E-state index contributed by atoms with van der Waals surface area (Å²) in [5.74, 6) is 0.738. The van der Waals surface area contributed by atoms with E-state index in [0.29, 0.717) is 11.5 Å². The zero-order chi connectivity index (χ0) is 31.1. The van der Waals surface area contributed by atoms with Gasteiger partial charge in [-0.3, -0.25) is 0 Å². The first-order valence-electron chi connectivity index (χ1n) is 17.1. The van der Waals surface area contributed by atoms with Gasteiger partial charge in [0.15, 0.2) is 0 Å². The van der Waals surface area contributed by atoms with Crippen molar-refractivity contribution >= 4 is 49.5 Å². The van der Waals surface area contributed by atoms with Gasteiger partial charge in [-0.2, -0.15) is 0 Å². The molecule has 6 nitrogen and oxygen atoms in total. The van der Waals surface area contributed by atoms with E-state index in [1.165, 1.54) is 0 Å². The number of hydrogen-bond donors (Lipinski definition) is 0. The van der Waals surface area contributed by atoms with Crippen molar-refractivity contribution in [3.63, 3.8) is 0 Å². The second kappa shape index (κ2) is 23.7. The molecule has 0 aromatic heterocycles. The minimum atomic E-state index is -3.01. The third kappa shape index (κ3) is 16.4. The fraction of sp³-hybridized carbons (Fsp3) is 0.765. The summed E-state index contributed by atoms with van der Waals surface area (Å²) in [5.41, 5.74) is 0. The van der Waals surface area contributed by atoms with Gasteiger partial charge in [0, 0.05) is 0 Å². The summed E-state index contributed by atoms with van der Waals surface area (Å²) in [5, 5.41) is 0. The van der Waals surface area contributed by atoms with Crippen LogP contribution in [0.15, 0.2) is 24.3 Å². The number of ether oxygens (including phenoxy) is 2. The van der Waals surface area contributed by atoms with Gasteiger partial charge < -0.3 is 0 Å². The average Bonchev–Trinajstić information content (AvgIpc) is 3.00. The molecule has 0 aliphatic rings. The second-order valence-electron chi connectivity index (χ2n) is 12.0. The van der Waals surface area contributed by atoms with E-state index in [1.54, 1.807) is 24.3 Å². The number of rotatable bonds is 26. The van der Waals surface area contributed by atoms with E-state index < -0.39 is 37.6 Å². The van der Waals surface area contributed by atoms with Crippen LogP contribution in [0, 0.1) is 0 Å². The predicted molar refractivity (Wildman–Crippen MR) is 179 cm³/mol. The SMILES string of the molecule is CCC[CH2][Sn]([CH2]CCC)([CH2]CCC)[O]C(=O)COc1ccc(OCC(=O)[O][Sn]([CH2]CCC)([CH2]CCC)[CH2]CCC)cc1. The fourth-order valence-electron chi connectivity index (χ4n) is 5.51. The Labute approximate surface area is 267 Å². The Kier molecular flexibility index (Phi) is 22.2. The van der Waals surface area contributed by atoms with E-state index in [1.807, 2.05) is 0 Å². The molecule has 0 amide bonds. The van der Waals surface area contributed by atoms with Gasteiger partial charge in [-0.25, -0.2) is 0 Å². The molecule has 0 atom stereocenters. The van der Waals surface area contributed by atoms with Gasteiger partial charge in [0.2, 0.25) is 0 Å². The van der Waals surface area contributed by atoms with Gasteiger partial charge in [0.1, 0.15) is 0 Å². The predicted octanol–water partition coefficient (Wildman–Crippen LogP) is 10.2. The zero-order valence-corrected chi connectivity index (χ0v) is 33.6. The van der Waals surface area contributed by atoms with Crippen molar-refractivity contribution in [2.45, 2.75) is 145 Å². The van der Waals surface area contributed by atoms with E-state index in [9.17, 15) is 9.59 Å². The molecule has 42 heavy (non-hydrogen) atoms. The molecular weight excluding hydrogens is 742 g/mol. The number of carbonyl (C=O) groups is 2. The molecule has 1 rings (SSSR count). The van der Waals surface area contributed by atoms with Crippen LogP contribution in [0.3, 0.4) is 0 Å². The molecule has 1 aromatic rings. The Morgan fingerprint density at radius 2 is 0.714 bits per heavy atom. The number of hydrogen-bond acceptors (Lipinski definition) is 6. The Hall–Kier alpha value is -0.643. The molecule has 0 radical (unpaired) electrons. The first kappa shape index (κ1) is 39.4. The molecular formula is C34H62O6Sn2. The molecule has 0 saturated carbocycles. The van der Waals surface area contributed by atoms with Crippen LogP contribution >= 0.6 is 0 Å². The normalized spacial score (nSPS) is 11.8. The minimum absolute atomic E-state index is 0.0715. The van der Waals surface area contributed by atoms with Gasteiger partial charge in [-0.1, -0.05) is 0 Å². The van der Waals surface area contributed by atoms with Crippen LogP contribution in [0.2, 0.25) is 26.6 Å². The fourth-order valence-corrected chi connectivity index (χ4v) is 31.7. The molecule has 0 aliphatic carbocycles. The van der Waals surface area contributed by atoms with Gasteiger partial charge in [0.05, 0.1) is 0 Å². The van der Waals surface area contributed by atoms with Crippen LogP contribution in [0.1, 0.15) is 119 Å². The standard InChI is InChI=1S/C10H10O6.6C4H9.2Sn/c11-9(12)5-15-7-1-2-8(4-3-7)16-6-10(13)14;6*1-3-4-2;;/h1-4H,5-6H2,(H,11,12)(H,13,14);6*1,3-4H2,2H3;;/q;;;;;;;2*+1/p-2. The van der Waals surface area contributed by atoms with E-state index >= 15 is 0 Å². The first-order valence-corrected chi connectivity index (χ1v) is 31.5. The summed E-state index contributed by atoms with van der Waals surface area (Å²) < 4.78 is 31.0. The Morgan fingerprint density at radius 1 is 0.476 bits per heavy atom. The van der Waals surface area contributed by atoms with Crippen LogP contribution in [-0.2, 0) is 15.7 Å². The van der Waals surface area contributed by atoms with Crippen LogP contribution in [0.5, 0.6) is 11.5 Å². The Bertz CT molecular complexity index is 732. The van der Waals surface area contributed by atoms with Crippen molar-refractivity contribution < 1.29 is 25.2 Å². The van der Waals surface area contributed by atoms with E-state index in [4.69, 9.17) is 15.6 Å². The van der Waals surface area contributed by atoms with Gasteiger partial charge >= 0.3 is 269 Å². The third-order valence-corrected chi connectivity index (χ3v) is 33.5. The van der Waals surface area contributed by atoms with Crippen molar-refractivity contribution in [2.75, 3.05) is 13.2 Å². The Balaban J connectivity index is 2.71. The second-order valence-corrected chi connectivity index (χ2v) is 35.2. The molecule has 0 fully saturated rings. The van der Waals surface area contributed by atoms with Crippen molar-refractivity contribution in [3.05, 3.63) is 24.3 Å². The average molecular weight is 804 g/mol. The molecule has 242 valence electrons. The molecule has 0 unspecified atom stereocenters. The van der Waals surface area contributed by atoms with Crippen LogP contribution < -0.4 is 9.47 Å². The molecule has 0 saturated heterocycles. The van der Waals surface area contributed by atoms with E-state index in [-0.39, 0.29) is 25.2 Å². The topological polar surface area (TPSA) is 71.1 Å². The van der Waals surface area contributed by atoms with Crippen molar-refractivity contribution in [1.82, 2.24) is 0 Å². The molecule has 0 aliphatic heterocycles. The quantitative estimate of drug-likeness (QED) is 0.0869. The molecule has 0 heterocycles. The van der Waals surface area contributed by atoms with Gasteiger partial charge in [0.25, 0.3) is 0 Å². The molecule has 8 heteroatoms.